The average molecular weight is 294 g/mol. The Labute approximate surface area is 121 Å². The van der Waals surface area contributed by atoms with Crippen LogP contribution in [0.2, 0.25) is 0 Å². The molecular weight excluding hydrogens is 265 g/mol. The van der Waals surface area contributed by atoms with E-state index in [1.165, 1.54) is 0 Å². The summed E-state index contributed by atoms with van der Waals surface area (Å²) < 4.78 is 38.7. The molecule has 1 aliphatic heterocycles. The third-order valence-corrected chi connectivity index (χ3v) is 4.06. The Kier molecular flexibility index (Phi) is 6.79. The van der Waals surface area contributed by atoms with Crippen LogP contribution in [0.5, 0.6) is 0 Å². The quantitative estimate of drug-likeness (QED) is 0.806. The van der Waals surface area contributed by atoms with Gasteiger partial charge in [-0.25, -0.2) is 0 Å². The van der Waals surface area contributed by atoms with Crippen molar-refractivity contribution in [3.05, 3.63) is 0 Å². The summed E-state index contributed by atoms with van der Waals surface area (Å²) in [5.41, 5.74) is 0. The summed E-state index contributed by atoms with van der Waals surface area (Å²) in [5.74, 6) is -0.226. The second-order valence-electron chi connectivity index (χ2n) is 6.74. The highest BCUT2D eigenvalue weighted by Crippen LogP contribution is 2.34. The fourth-order valence-electron chi connectivity index (χ4n) is 2.88. The third-order valence-electron chi connectivity index (χ3n) is 4.06. The number of alkyl halides is 3. The number of halogens is 3. The molecule has 2 atom stereocenters. The highest BCUT2D eigenvalue weighted by molar-refractivity contribution is 4.85. The zero-order chi connectivity index (χ0) is 15.3. The Hall–Kier alpha value is -0.290. The Morgan fingerprint density at radius 3 is 2.30 bits per heavy atom. The number of nitrogens with one attached hydrogen (secondary N) is 1. The highest BCUT2D eigenvalue weighted by atomic mass is 19.4. The molecule has 0 spiro atoms. The van der Waals surface area contributed by atoms with Gasteiger partial charge in [0.15, 0.2) is 0 Å². The molecule has 2 nitrogen and oxygen atoms in total. The second kappa shape index (κ2) is 7.64. The van der Waals surface area contributed by atoms with Crippen molar-refractivity contribution in [1.82, 2.24) is 10.2 Å². The topological polar surface area (TPSA) is 15.3 Å². The highest BCUT2D eigenvalue weighted by Gasteiger charge is 2.43. The standard InChI is InChI=1S/C15H29F3N2/c1-11(2)8-19-9-14(12(3)4)20-7-5-6-13(10-20)15(16,17)18/h11-14,19H,5-10H2,1-4H3. The Bertz CT molecular complexity index is 277. The molecule has 1 rings (SSSR count). The van der Waals surface area contributed by atoms with E-state index in [0.717, 1.165) is 19.6 Å². The Morgan fingerprint density at radius 2 is 1.80 bits per heavy atom. The summed E-state index contributed by atoms with van der Waals surface area (Å²) in [6, 6.07) is 0.193. The van der Waals surface area contributed by atoms with Gasteiger partial charge in [-0.15, -0.1) is 0 Å². The lowest BCUT2D eigenvalue weighted by Crippen LogP contribution is -2.52. The van der Waals surface area contributed by atoms with Crippen molar-refractivity contribution in [3.8, 4) is 0 Å². The second-order valence-corrected chi connectivity index (χ2v) is 6.74. The first kappa shape index (κ1) is 17.8. The summed E-state index contributed by atoms with van der Waals surface area (Å²) >= 11 is 0. The average Bonchev–Trinajstić information content (AvgIpc) is 2.33. The van der Waals surface area contributed by atoms with Gasteiger partial charge in [0.1, 0.15) is 0 Å². The molecule has 0 amide bonds. The smallest absolute Gasteiger partial charge is 0.315 e. The van der Waals surface area contributed by atoms with Crippen molar-refractivity contribution in [3.63, 3.8) is 0 Å². The van der Waals surface area contributed by atoms with Crippen LogP contribution in [0.4, 0.5) is 13.2 Å². The molecule has 0 saturated carbocycles. The predicted molar refractivity (Wildman–Crippen MR) is 76.7 cm³/mol. The minimum Gasteiger partial charge on any atom is -0.315 e. The van der Waals surface area contributed by atoms with Crippen LogP contribution in [0.3, 0.4) is 0 Å². The van der Waals surface area contributed by atoms with Crippen molar-refractivity contribution < 1.29 is 13.2 Å². The fourth-order valence-corrected chi connectivity index (χ4v) is 2.88. The van der Waals surface area contributed by atoms with E-state index in [9.17, 15) is 13.2 Å². The van der Waals surface area contributed by atoms with Gasteiger partial charge in [-0.3, -0.25) is 4.90 Å². The van der Waals surface area contributed by atoms with Crippen LogP contribution in [0, 0.1) is 17.8 Å². The van der Waals surface area contributed by atoms with E-state index in [4.69, 9.17) is 0 Å². The lowest BCUT2D eigenvalue weighted by molar-refractivity contribution is -0.189. The summed E-state index contributed by atoms with van der Waals surface area (Å²) in [6.07, 6.45) is -3.12. The Morgan fingerprint density at radius 1 is 1.15 bits per heavy atom. The van der Waals surface area contributed by atoms with E-state index in [1.807, 2.05) is 4.90 Å². The first-order valence-electron chi connectivity index (χ1n) is 7.73. The van der Waals surface area contributed by atoms with E-state index < -0.39 is 12.1 Å². The van der Waals surface area contributed by atoms with E-state index in [-0.39, 0.29) is 19.0 Å². The zero-order valence-corrected chi connectivity index (χ0v) is 13.1. The third kappa shape index (κ3) is 5.60. The number of hydrogen-bond acceptors (Lipinski definition) is 2. The molecule has 1 fully saturated rings. The molecular formula is C15H29F3N2. The van der Waals surface area contributed by atoms with Gasteiger partial charge >= 0.3 is 6.18 Å². The van der Waals surface area contributed by atoms with E-state index in [2.05, 4.69) is 33.0 Å². The number of rotatable bonds is 6. The van der Waals surface area contributed by atoms with Crippen LogP contribution < -0.4 is 5.32 Å². The van der Waals surface area contributed by atoms with Gasteiger partial charge in [0, 0.05) is 19.1 Å². The molecule has 0 bridgehead atoms. The summed E-state index contributed by atoms with van der Waals surface area (Å²) in [4.78, 5) is 2.04. The minimum atomic E-state index is -4.05. The molecule has 1 aliphatic rings. The lowest BCUT2D eigenvalue weighted by Gasteiger charge is -2.40. The molecule has 1 saturated heterocycles. The van der Waals surface area contributed by atoms with Crippen LogP contribution in [0.25, 0.3) is 0 Å². The normalized spacial score (nSPS) is 23.6. The fraction of sp³-hybridized carbons (Fsp3) is 1.00. The van der Waals surface area contributed by atoms with Crippen LogP contribution in [0.15, 0.2) is 0 Å². The molecule has 1 N–H and O–H groups in total. The van der Waals surface area contributed by atoms with Gasteiger partial charge in [-0.2, -0.15) is 13.2 Å². The lowest BCUT2D eigenvalue weighted by atomic mass is 9.93. The van der Waals surface area contributed by atoms with Crippen LogP contribution >= 0.6 is 0 Å². The van der Waals surface area contributed by atoms with Crippen LogP contribution in [-0.4, -0.2) is 43.3 Å². The van der Waals surface area contributed by atoms with Gasteiger partial charge in [-0.1, -0.05) is 27.7 Å². The molecule has 0 aliphatic carbocycles. The van der Waals surface area contributed by atoms with Crippen molar-refractivity contribution >= 4 is 0 Å². The molecule has 120 valence electrons. The van der Waals surface area contributed by atoms with Crippen LogP contribution in [0.1, 0.15) is 40.5 Å². The maximum absolute atomic E-state index is 12.9. The maximum Gasteiger partial charge on any atom is 0.393 e. The van der Waals surface area contributed by atoms with Gasteiger partial charge in [0.25, 0.3) is 0 Å². The molecule has 1 heterocycles. The maximum atomic E-state index is 12.9. The predicted octanol–water partition coefficient (Wildman–Crippen LogP) is 3.53. The summed E-state index contributed by atoms with van der Waals surface area (Å²) in [6.45, 7) is 11.1. The largest absolute Gasteiger partial charge is 0.393 e. The number of piperidine rings is 1. The van der Waals surface area contributed by atoms with Crippen molar-refractivity contribution in [1.29, 1.82) is 0 Å². The summed E-state index contributed by atoms with van der Waals surface area (Å²) in [7, 11) is 0. The van der Waals surface area contributed by atoms with Gasteiger partial charge in [-0.05, 0) is 37.8 Å². The van der Waals surface area contributed by atoms with Crippen LogP contribution in [-0.2, 0) is 0 Å². The van der Waals surface area contributed by atoms with Gasteiger partial charge in [0.2, 0.25) is 0 Å². The molecule has 0 aromatic carbocycles. The Balaban J connectivity index is 2.57. The molecule has 0 aromatic heterocycles. The van der Waals surface area contributed by atoms with E-state index in [1.54, 1.807) is 0 Å². The van der Waals surface area contributed by atoms with Crippen molar-refractivity contribution in [2.24, 2.45) is 17.8 Å². The van der Waals surface area contributed by atoms with Crippen molar-refractivity contribution in [2.45, 2.75) is 52.8 Å². The number of hydrogen-bond donors (Lipinski definition) is 1. The molecule has 2 unspecified atom stereocenters. The monoisotopic (exact) mass is 294 g/mol. The zero-order valence-electron chi connectivity index (χ0n) is 13.1. The molecule has 0 radical (unpaired) electrons. The van der Waals surface area contributed by atoms with Crippen molar-refractivity contribution in [2.75, 3.05) is 26.2 Å². The number of nitrogens with zero attached hydrogens (tertiary/aromatic N) is 1. The van der Waals surface area contributed by atoms with Gasteiger partial charge < -0.3 is 5.32 Å². The molecule has 5 heteroatoms. The number of likely N-dealkylation sites (tertiary alicyclic amines) is 1. The van der Waals surface area contributed by atoms with E-state index in [0.29, 0.717) is 18.3 Å². The minimum absolute atomic E-state index is 0.162. The molecule has 0 aromatic rings. The van der Waals surface area contributed by atoms with Gasteiger partial charge in [0.05, 0.1) is 5.92 Å². The van der Waals surface area contributed by atoms with E-state index >= 15 is 0 Å². The first-order chi connectivity index (χ1) is 9.21. The SMILES string of the molecule is CC(C)CNCC(C(C)C)N1CCCC(C(F)(F)F)C1. The molecule has 20 heavy (non-hydrogen) atoms. The first-order valence-corrected chi connectivity index (χ1v) is 7.73. The summed E-state index contributed by atoms with van der Waals surface area (Å²) in [5, 5.41) is 3.39.